The summed E-state index contributed by atoms with van der Waals surface area (Å²) in [5.74, 6) is 2.79. The van der Waals surface area contributed by atoms with E-state index in [4.69, 9.17) is 0 Å². The molecule has 2 saturated carbocycles. The van der Waals surface area contributed by atoms with E-state index in [9.17, 15) is 0 Å². The van der Waals surface area contributed by atoms with Crippen molar-refractivity contribution in [1.29, 1.82) is 0 Å². The van der Waals surface area contributed by atoms with Crippen LogP contribution in [0.2, 0.25) is 0 Å². The van der Waals surface area contributed by atoms with Crippen LogP contribution in [-0.4, -0.2) is 0 Å². The first-order valence-corrected chi connectivity index (χ1v) is 7.88. The molecular weight excluding hydrogens is 216 g/mol. The van der Waals surface area contributed by atoms with E-state index in [1.165, 1.54) is 44.9 Å². The molecule has 0 N–H and O–H groups in total. The van der Waals surface area contributed by atoms with Crippen LogP contribution in [0.15, 0.2) is 24.3 Å². The lowest BCUT2D eigenvalue weighted by Gasteiger charge is -2.58. The molecule has 2 unspecified atom stereocenters. The first kappa shape index (κ1) is 11.1. The van der Waals surface area contributed by atoms with Crippen LogP contribution in [0.25, 0.3) is 0 Å². The molecule has 0 amide bonds. The molecule has 0 heterocycles. The highest BCUT2D eigenvalue weighted by molar-refractivity contribution is 5.35. The quantitative estimate of drug-likeness (QED) is 0.603. The van der Waals surface area contributed by atoms with E-state index in [-0.39, 0.29) is 0 Å². The summed E-state index contributed by atoms with van der Waals surface area (Å²) in [5, 5.41) is 0. The lowest BCUT2D eigenvalue weighted by Crippen LogP contribution is -2.47. The highest BCUT2D eigenvalue weighted by atomic mass is 14.6. The van der Waals surface area contributed by atoms with Gasteiger partial charge in [-0.05, 0) is 72.8 Å². The van der Waals surface area contributed by atoms with Crippen LogP contribution in [0, 0.1) is 17.3 Å². The Morgan fingerprint density at radius 3 is 2.67 bits per heavy atom. The third-order valence-electron chi connectivity index (χ3n) is 6.42. The summed E-state index contributed by atoms with van der Waals surface area (Å²) in [6, 6.07) is 9.29. The molecule has 0 bridgehead atoms. The molecule has 1 aromatic rings. The second kappa shape index (κ2) is 3.85. The summed E-state index contributed by atoms with van der Waals surface area (Å²) in [4.78, 5) is 0. The summed E-state index contributed by atoms with van der Waals surface area (Å²) in [6.45, 7) is 2.51. The fourth-order valence-electron chi connectivity index (χ4n) is 5.32. The van der Waals surface area contributed by atoms with E-state index in [0.29, 0.717) is 0 Å². The summed E-state index contributed by atoms with van der Waals surface area (Å²) in [5.41, 5.74) is 4.14. The molecule has 4 rings (SSSR count). The maximum absolute atomic E-state index is 2.51. The molecule has 18 heavy (non-hydrogen) atoms. The van der Waals surface area contributed by atoms with Gasteiger partial charge in [0.15, 0.2) is 0 Å². The topological polar surface area (TPSA) is 0 Å². The van der Waals surface area contributed by atoms with Crippen molar-refractivity contribution in [3.8, 4) is 0 Å². The second-order valence-electron chi connectivity index (χ2n) is 7.10. The lowest BCUT2D eigenvalue weighted by molar-refractivity contribution is -0.0349. The molecule has 3 aliphatic rings. The number of aryl methyl sites for hydroxylation is 1. The number of fused-ring (bicyclic) bond motifs is 4. The zero-order valence-electron chi connectivity index (χ0n) is 11.5. The molecule has 96 valence electrons. The fourth-order valence-corrected chi connectivity index (χ4v) is 5.32. The average molecular weight is 240 g/mol. The highest BCUT2D eigenvalue weighted by Gasteiger charge is 2.52. The van der Waals surface area contributed by atoms with Gasteiger partial charge in [0.25, 0.3) is 0 Å². The Morgan fingerprint density at radius 1 is 1.06 bits per heavy atom. The molecule has 3 atom stereocenters. The van der Waals surface area contributed by atoms with Gasteiger partial charge in [0, 0.05) is 0 Å². The molecule has 1 aromatic carbocycles. The first-order chi connectivity index (χ1) is 8.80. The minimum absolute atomic E-state index is 0.769. The second-order valence-corrected chi connectivity index (χ2v) is 7.10. The standard InChI is InChI=1S/C18H24/c1-13-9-12-18(10-4-11-18)16-8-7-14-5-2-3-6-15(14)17(13)16/h2-3,5-6,13,16-17H,4,7-12H2,1H3/t13-,16?,17?/m0/s1. The van der Waals surface area contributed by atoms with Crippen LogP contribution in [0.4, 0.5) is 0 Å². The van der Waals surface area contributed by atoms with Gasteiger partial charge in [0.2, 0.25) is 0 Å². The van der Waals surface area contributed by atoms with E-state index in [1.54, 1.807) is 11.1 Å². The molecule has 0 heteroatoms. The van der Waals surface area contributed by atoms with Crippen molar-refractivity contribution in [2.24, 2.45) is 17.3 Å². The Labute approximate surface area is 111 Å². The van der Waals surface area contributed by atoms with Gasteiger partial charge < -0.3 is 0 Å². The first-order valence-electron chi connectivity index (χ1n) is 7.88. The largest absolute Gasteiger partial charge is 0.0620 e. The summed E-state index contributed by atoms with van der Waals surface area (Å²) < 4.78 is 0. The van der Waals surface area contributed by atoms with Crippen molar-refractivity contribution in [3.63, 3.8) is 0 Å². The van der Waals surface area contributed by atoms with Crippen molar-refractivity contribution in [2.45, 2.75) is 57.8 Å². The minimum Gasteiger partial charge on any atom is -0.0620 e. The van der Waals surface area contributed by atoms with E-state index >= 15 is 0 Å². The molecule has 0 radical (unpaired) electrons. The Bertz CT molecular complexity index is 455. The Kier molecular flexibility index (Phi) is 2.37. The van der Waals surface area contributed by atoms with Gasteiger partial charge >= 0.3 is 0 Å². The third-order valence-corrected chi connectivity index (χ3v) is 6.42. The number of benzene rings is 1. The smallest absolute Gasteiger partial charge is 0.00998 e. The van der Waals surface area contributed by atoms with Crippen LogP contribution in [0.5, 0.6) is 0 Å². The van der Waals surface area contributed by atoms with Crippen LogP contribution < -0.4 is 0 Å². The van der Waals surface area contributed by atoms with E-state index in [2.05, 4.69) is 31.2 Å². The zero-order chi connectivity index (χ0) is 12.2. The molecule has 0 nitrogen and oxygen atoms in total. The Morgan fingerprint density at radius 2 is 1.89 bits per heavy atom. The number of hydrogen-bond donors (Lipinski definition) is 0. The molecule has 2 fully saturated rings. The van der Waals surface area contributed by atoms with Gasteiger partial charge in [0.1, 0.15) is 0 Å². The normalized spacial score (nSPS) is 36.6. The van der Waals surface area contributed by atoms with Gasteiger partial charge in [-0.2, -0.15) is 0 Å². The zero-order valence-corrected chi connectivity index (χ0v) is 11.5. The molecule has 0 aromatic heterocycles. The number of hydrogen-bond acceptors (Lipinski definition) is 0. The van der Waals surface area contributed by atoms with Gasteiger partial charge in [-0.25, -0.2) is 0 Å². The minimum atomic E-state index is 0.769. The summed E-state index contributed by atoms with van der Waals surface area (Å²) >= 11 is 0. The van der Waals surface area contributed by atoms with Crippen molar-refractivity contribution in [2.75, 3.05) is 0 Å². The Balaban J connectivity index is 1.78. The molecule has 0 saturated heterocycles. The molecule has 3 aliphatic carbocycles. The maximum Gasteiger partial charge on any atom is -0.00998 e. The van der Waals surface area contributed by atoms with Crippen LogP contribution in [0.3, 0.4) is 0 Å². The van der Waals surface area contributed by atoms with E-state index < -0.39 is 0 Å². The third kappa shape index (κ3) is 1.38. The summed E-state index contributed by atoms with van der Waals surface area (Å²) in [7, 11) is 0. The highest BCUT2D eigenvalue weighted by Crippen LogP contribution is 2.63. The van der Waals surface area contributed by atoms with Crippen LogP contribution >= 0.6 is 0 Å². The molecule has 1 spiro atoms. The molecular formula is C18H24. The van der Waals surface area contributed by atoms with Crippen molar-refractivity contribution in [1.82, 2.24) is 0 Å². The lowest BCUT2D eigenvalue weighted by atomic mass is 9.47. The predicted molar refractivity (Wildman–Crippen MR) is 75.7 cm³/mol. The average Bonchev–Trinajstić information content (AvgIpc) is 2.37. The van der Waals surface area contributed by atoms with Gasteiger partial charge in [0.05, 0.1) is 0 Å². The van der Waals surface area contributed by atoms with Crippen LogP contribution in [-0.2, 0) is 6.42 Å². The van der Waals surface area contributed by atoms with Gasteiger partial charge in [-0.15, -0.1) is 0 Å². The predicted octanol–water partition coefficient (Wildman–Crippen LogP) is 4.93. The van der Waals surface area contributed by atoms with Crippen molar-refractivity contribution < 1.29 is 0 Å². The Hall–Kier alpha value is -0.780. The SMILES string of the molecule is C[C@H]1CCC2(CCC2)C2CCc3ccccc3C21. The summed E-state index contributed by atoms with van der Waals surface area (Å²) in [6.07, 6.45) is 10.4. The fraction of sp³-hybridized carbons (Fsp3) is 0.667. The van der Waals surface area contributed by atoms with Crippen molar-refractivity contribution in [3.05, 3.63) is 35.4 Å². The number of rotatable bonds is 0. The van der Waals surface area contributed by atoms with Crippen molar-refractivity contribution >= 4 is 0 Å². The monoisotopic (exact) mass is 240 g/mol. The van der Waals surface area contributed by atoms with E-state index in [0.717, 1.165) is 23.2 Å². The van der Waals surface area contributed by atoms with Gasteiger partial charge in [-0.3, -0.25) is 0 Å². The maximum atomic E-state index is 2.51. The molecule has 0 aliphatic heterocycles. The van der Waals surface area contributed by atoms with Crippen LogP contribution in [0.1, 0.15) is 62.5 Å². The van der Waals surface area contributed by atoms with Gasteiger partial charge in [-0.1, -0.05) is 37.6 Å². The van der Waals surface area contributed by atoms with E-state index in [1.807, 2.05) is 0 Å².